The predicted octanol–water partition coefficient (Wildman–Crippen LogP) is 7.86. The number of hydrogen-bond donors (Lipinski definition) is 1. The third-order valence-electron chi connectivity index (χ3n) is 7.62. The second-order valence-corrected chi connectivity index (χ2v) is 12.6. The lowest BCUT2D eigenvalue weighted by atomic mass is 9.77. The molecule has 0 unspecified atom stereocenters. The number of halogens is 3. The van der Waals surface area contributed by atoms with E-state index in [4.69, 9.17) is 16.7 Å². The van der Waals surface area contributed by atoms with Gasteiger partial charge in [-0.05, 0) is 109 Å². The molecule has 2 aliphatic rings. The minimum Gasteiger partial charge on any atom is -0.280 e. The molecule has 0 aromatic heterocycles. The molecule has 6 rings (SSSR count). The topological polar surface area (TPSA) is 78.8 Å². The summed E-state index contributed by atoms with van der Waals surface area (Å²) in [6, 6.07) is 23.6. The van der Waals surface area contributed by atoms with Crippen LogP contribution in [0.4, 0.5) is 14.5 Å². The van der Waals surface area contributed by atoms with Crippen molar-refractivity contribution in [1.29, 1.82) is 0 Å². The summed E-state index contributed by atoms with van der Waals surface area (Å²) in [4.78, 5) is 14.0. The van der Waals surface area contributed by atoms with Gasteiger partial charge < -0.3 is 0 Å². The van der Waals surface area contributed by atoms with Crippen LogP contribution in [0.1, 0.15) is 46.8 Å². The van der Waals surface area contributed by atoms with Crippen LogP contribution in [-0.4, -0.2) is 25.0 Å². The summed E-state index contributed by atoms with van der Waals surface area (Å²) in [5.41, 5.74) is 3.68. The van der Waals surface area contributed by atoms with Gasteiger partial charge in [-0.1, -0.05) is 41.9 Å². The van der Waals surface area contributed by atoms with Crippen molar-refractivity contribution >= 4 is 45.0 Å². The number of allylic oxidation sites excluding steroid dienone is 1. The summed E-state index contributed by atoms with van der Waals surface area (Å²) in [7, 11) is -4.02. The van der Waals surface area contributed by atoms with Gasteiger partial charge in [0.1, 0.15) is 11.6 Å². The average Bonchev–Trinajstić information content (AvgIpc) is 3.40. The number of hydrazone groups is 1. The summed E-state index contributed by atoms with van der Waals surface area (Å²) < 4.78 is 56.3. The quantitative estimate of drug-likeness (QED) is 0.239. The van der Waals surface area contributed by atoms with Crippen molar-refractivity contribution in [3.63, 3.8) is 0 Å². The van der Waals surface area contributed by atoms with Gasteiger partial charge in [-0.15, -0.1) is 0 Å². The summed E-state index contributed by atoms with van der Waals surface area (Å²) >= 11 is 5.92. The number of carbonyl (C=O) groups is 1. The predicted molar refractivity (Wildman–Crippen MR) is 163 cm³/mol. The Hall–Kier alpha value is -4.34. The molecular weight excluding hydrogens is 592 g/mol. The summed E-state index contributed by atoms with van der Waals surface area (Å²) in [5.74, 6) is -1.37. The van der Waals surface area contributed by atoms with Gasteiger partial charge in [0.2, 0.25) is 0 Å². The van der Waals surface area contributed by atoms with Crippen molar-refractivity contribution in [1.82, 2.24) is 5.01 Å². The minimum absolute atomic E-state index is 0.0900. The van der Waals surface area contributed by atoms with Gasteiger partial charge in [-0.2, -0.15) is 5.10 Å². The smallest absolute Gasteiger partial charge is 0.274 e. The number of amides is 1. The molecule has 218 valence electrons. The highest BCUT2D eigenvalue weighted by Crippen LogP contribution is 2.45. The van der Waals surface area contributed by atoms with Crippen LogP contribution in [0.25, 0.3) is 6.08 Å². The standard InChI is InChI=1S/C33H26ClF2N3O3S/c34-25-11-17-28(18-12-25)38-43(41,42)29-5-1-4-24(20-29)33(40)39-32(22-9-15-27(36)16-10-22)30-6-2-3-23(31(30)37-39)19-21-7-13-26(35)14-8-21/h1,4-5,7-20,30,32,38H,2-3,6H2/b23-19+/t30-,32-/m0/s1. The molecule has 4 aromatic rings. The molecule has 1 N–H and O–H groups in total. The fourth-order valence-corrected chi connectivity index (χ4v) is 6.81. The Balaban J connectivity index is 1.37. The van der Waals surface area contributed by atoms with Crippen LogP contribution in [0, 0.1) is 17.6 Å². The molecule has 4 aromatic carbocycles. The van der Waals surface area contributed by atoms with Gasteiger partial charge in [0.05, 0.1) is 16.6 Å². The first-order valence-corrected chi connectivity index (χ1v) is 15.6. The van der Waals surface area contributed by atoms with Crippen LogP contribution >= 0.6 is 11.6 Å². The molecular formula is C33H26ClF2N3O3S. The van der Waals surface area contributed by atoms with Crippen LogP contribution in [0.3, 0.4) is 0 Å². The maximum Gasteiger partial charge on any atom is 0.274 e. The third-order valence-corrected chi connectivity index (χ3v) is 9.25. The third kappa shape index (κ3) is 6.09. The molecule has 0 radical (unpaired) electrons. The first kappa shape index (κ1) is 28.8. The number of nitrogens with one attached hydrogen (secondary N) is 1. The van der Waals surface area contributed by atoms with Crippen molar-refractivity contribution in [3.05, 3.63) is 136 Å². The number of anilines is 1. The Morgan fingerprint density at radius 1 is 0.930 bits per heavy atom. The minimum atomic E-state index is -4.02. The van der Waals surface area contributed by atoms with Crippen LogP contribution in [0.15, 0.2) is 113 Å². The van der Waals surface area contributed by atoms with Crippen LogP contribution < -0.4 is 4.72 Å². The lowest BCUT2D eigenvalue weighted by Gasteiger charge is -2.29. The summed E-state index contributed by atoms with van der Waals surface area (Å²) in [5, 5.41) is 6.67. The number of sulfonamides is 1. The van der Waals surface area contributed by atoms with Gasteiger partial charge in [-0.3, -0.25) is 9.52 Å². The number of rotatable bonds is 6. The van der Waals surface area contributed by atoms with Crippen molar-refractivity contribution in [2.45, 2.75) is 30.2 Å². The van der Waals surface area contributed by atoms with E-state index in [0.29, 0.717) is 10.7 Å². The molecule has 1 heterocycles. The van der Waals surface area contributed by atoms with Crippen LogP contribution in [-0.2, 0) is 10.0 Å². The molecule has 6 nitrogen and oxygen atoms in total. The second-order valence-electron chi connectivity index (χ2n) is 10.5. The molecule has 1 aliphatic heterocycles. The fourth-order valence-electron chi connectivity index (χ4n) is 5.58. The molecule has 0 spiro atoms. The number of benzene rings is 4. The van der Waals surface area contributed by atoms with Crippen molar-refractivity contribution in [2.24, 2.45) is 11.0 Å². The Morgan fingerprint density at radius 3 is 2.30 bits per heavy atom. The highest BCUT2D eigenvalue weighted by atomic mass is 35.5. The van der Waals surface area contributed by atoms with E-state index in [2.05, 4.69) is 4.72 Å². The van der Waals surface area contributed by atoms with Gasteiger partial charge in [0.15, 0.2) is 0 Å². The molecule has 0 saturated heterocycles. The van der Waals surface area contributed by atoms with E-state index in [1.807, 2.05) is 6.08 Å². The van der Waals surface area contributed by atoms with Gasteiger partial charge in [0, 0.05) is 22.2 Å². The average molecular weight is 618 g/mol. The number of hydrogen-bond acceptors (Lipinski definition) is 4. The Kier molecular flexibility index (Phi) is 7.85. The van der Waals surface area contributed by atoms with Crippen molar-refractivity contribution in [2.75, 3.05) is 4.72 Å². The van der Waals surface area contributed by atoms with Crippen LogP contribution in [0.5, 0.6) is 0 Å². The molecule has 0 bridgehead atoms. The largest absolute Gasteiger partial charge is 0.280 e. The lowest BCUT2D eigenvalue weighted by Crippen LogP contribution is -2.32. The molecule has 10 heteroatoms. The van der Waals surface area contributed by atoms with E-state index in [1.165, 1.54) is 47.5 Å². The summed E-state index contributed by atoms with van der Waals surface area (Å²) in [6.45, 7) is 0. The van der Waals surface area contributed by atoms with E-state index in [1.54, 1.807) is 54.6 Å². The van der Waals surface area contributed by atoms with Crippen molar-refractivity contribution < 1.29 is 22.0 Å². The Labute approximate surface area is 253 Å². The number of nitrogens with zero attached hydrogens (tertiary/aromatic N) is 2. The monoisotopic (exact) mass is 617 g/mol. The summed E-state index contributed by atoms with van der Waals surface area (Å²) in [6.07, 6.45) is 4.29. The Morgan fingerprint density at radius 2 is 1.60 bits per heavy atom. The molecule has 1 amide bonds. The van der Waals surface area contributed by atoms with Gasteiger partial charge >= 0.3 is 0 Å². The highest BCUT2D eigenvalue weighted by molar-refractivity contribution is 7.92. The SMILES string of the molecule is O=C(c1cccc(S(=O)(=O)Nc2ccc(Cl)cc2)c1)N1N=C2/C(=C/c3ccc(F)cc3)CCC[C@@H]2[C@@H]1c1ccc(F)cc1. The maximum atomic E-state index is 14.1. The first-order valence-electron chi connectivity index (χ1n) is 13.7. The fraction of sp³-hybridized carbons (Fsp3) is 0.152. The normalized spacial score (nSPS) is 19.2. The lowest BCUT2D eigenvalue weighted by molar-refractivity contribution is 0.0680. The number of fused-ring (bicyclic) bond motifs is 1. The zero-order valence-electron chi connectivity index (χ0n) is 22.8. The highest BCUT2D eigenvalue weighted by Gasteiger charge is 2.44. The maximum absolute atomic E-state index is 14.1. The van der Waals surface area contributed by atoms with E-state index >= 15 is 0 Å². The molecule has 43 heavy (non-hydrogen) atoms. The number of carbonyl (C=O) groups excluding carboxylic acids is 1. The van der Waals surface area contributed by atoms with Gasteiger partial charge in [-0.25, -0.2) is 22.2 Å². The molecule has 1 fully saturated rings. The zero-order chi connectivity index (χ0) is 30.1. The molecule has 1 saturated carbocycles. The second kappa shape index (κ2) is 11.7. The van der Waals surface area contributed by atoms with Crippen molar-refractivity contribution in [3.8, 4) is 0 Å². The molecule has 1 aliphatic carbocycles. The van der Waals surface area contributed by atoms with E-state index in [0.717, 1.165) is 41.7 Å². The van der Waals surface area contributed by atoms with Gasteiger partial charge in [0.25, 0.3) is 15.9 Å². The van der Waals surface area contributed by atoms with Crippen LogP contribution in [0.2, 0.25) is 5.02 Å². The first-order chi connectivity index (χ1) is 20.7. The molecule has 2 atom stereocenters. The van der Waals surface area contributed by atoms with E-state index < -0.39 is 27.8 Å². The van der Waals surface area contributed by atoms with E-state index in [-0.39, 0.29) is 22.2 Å². The Bertz CT molecular complexity index is 1840. The van der Waals surface area contributed by atoms with E-state index in [9.17, 15) is 22.0 Å². The zero-order valence-corrected chi connectivity index (χ0v) is 24.3.